The summed E-state index contributed by atoms with van der Waals surface area (Å²) in [6, 6.07) is 7.28. The number of cyclic esters (lactones) is 1. The largest absolute Gasteiger partial charge is 0.447 e. The van der Waals surface area contributed by atoms with Crippen molar-refractivity contribution in [1.29, 1.82) is 0 Å². The molecule has 5 nitrogen and oxygen atoms in total. The number of amides is 2. The van der Waals surface area contributed by atoms with Gasteiger partial charge in [-0.3, -0.25) is 9.69 Å². The third kappa shape index (κ3) is 2.41. The molecule has 1 aromatic carbocycles. The molecule has 1 heterocycles. The molecule has 1 saturated heterocycles. The average molecular weight is 260 g/mol. The Kier molecular flexibility index (Phi) is 3.11. The molecule has 3 rings (SSSR count). The van der Waals surface area contributed by atoms with Crippen molar-refractivity contribution in [3.05, 3.63) is 24.3 Å². The summed E-state index contributed by atoms with van der Waals surface area (Å²) < 4.78 is 4.89. The summed E-state index contributed by atoms with van der Waals surface area (Å²) in [7, 11) is 0. The van der Waals surface area contributed by atoms with Gasteiger partial charge in [-0.15, -0.1) is 0 Å². The molecule has 1 aromatic rings. The van der Waals surface area contributed by atoms with Crippen molar-refractivity contribution < 1.29 is 14.3 Å². The van der Waals surface area contributed by atoms with Gasteiger partial charge in [-0.25, -0.2) is 4.79 Å². The van der Waals surface area contributed by atoms with Crippen LogP contribution in [0.3, 0.4) is 0 Å². The van der Waals surface area contributed by atoms with Crippen LogP contribution < -0.4 is 10.2 Å². The molecular formula is C14H16N2O3. The predicted molar refractivity (Wildman–Crippen MR) is 71.1 cm³/mol. The lowest BCUT2D eigenvalue weighted by atomic mass is 9.85. The second kappa shape index (κ2) is 4.91. The Labute approximate surface area is 111 Å². The number of ether oxygens (including phenoxy) is 1. The first-order valence-corrected chi connectivity index (χ1v) is 6.59. The highest BCUT2D eigenvalue weighted by Gasteiger charge is 2.26. The summed E-state index contributed by atoms with van der Waals surface area (Å²) in [5.74, 6) is 0.271. The highest BCUT2D eigenvalue weighted by atomic mass is 16.6. The highest BCUT2D eigenvalue weighted by molar-refractivity contribution is 5.94. The minimum absolute atomic E-state index is 0.0968. The number of benzene rings is 1. The summed E-state index contributed by atoms with van der Waals surface area (Å²) >= 11 is 0. The zero-order chi connectivity index (χ0) is 13.2. The Morgan fingerprint density at radius 1 is 1.26 bits per heavy atom. The summed E-state index contributed by atoms with van der Waals surface area (Å²) in [4.78, 5) is 24.8. The van der Waals surface area contributed by atoms with E-state index in [1.165, 1.54) is 0 Å². The number of hydrogen-bond acceptors (Lipinski definition) is 3. The normalized spacial score (nSPS) is 18.9. The maximum absolute atomic E-state index is 11.8. The Bertz CT molecular complexity index is 494. The second-order valence-electron chi connectivity index (χ2n) is 4.93. The number of carbonyl (C=O) groups is 2. The lowest BCUT2D eigenvalue weighted by Crippen LogP contribution is -2.28. The van der Waals surface area contributed by atoms with Gasteiger partial charge in [0.2, 0.25) is 5.91 Å². The van der Waals surface area contributed by atoms with Crippen LogP contribution in [0.25, 0.3) is 0 Å². The fourth-order valence-electron chi connectivity index (χ4n) is 2.27. The quantitative estimate of drug-likeness (QED) is 0.907. The van der Waals surface area contributed by atoms with E-state index < -0.39 is 0 Å². The topological polar surface area (TPSA) is 58.6 Å². The minimum atomic E-state index is -0.314. The lowest BCUT2D eigenvalue weighted by Gasteiger charge is -2.24. The molecule has 2 amide bonds. The number of nitrogens with zero attached hydrogens (tertiary/aromatic N) is 1. The van der Waals surface area contributed by atoms with E-state index in [-0.39, 0.29) is 17.9 Å². The molecule has 0 spiro atoms. The third-order valence-corrected chi connectivity index (χ3v) is 3.68. The zero-order valence-corrected chi connectivity index (χ0v) is 10.6. The maximum Gasteiger partial charge on any atom is 0.414 e. The monoisotopic (exact) mass is 260 g/mol. The van der Waals surface area contributed by atoms with E-state index >= 15 is 0 Å². The average Bonchev–Trinajstić information content (AvgIpc) is 2.74. The molecule has 2 aliphatic rings. The number of rotatable bonds is 3. The minimum Gasteiger partial charge on any atom is -0.447 e. The summed E-state index contributed by atoms with van der Waals surface area (Å²) in [5.41, 5.74) is 1.57. The molecule has 0 aromatic heterocycles. The van der Waals surface area contributed by atoms with Gasteiger partial charge in [-0.1, -0.05) is 6.42 Å². The molecule has 0 radical (unpaired) electrons. The molecule has 19 heavy (non-hydrogen) atoms. The van der Waals surface area contributed by atoms with Gasteiger partial charge in [0, 0.05) is 17.3 Å². The van der Waals surface area contributed by atoms with E-state index in [1.807, 2.05) is 24.3 Å². The van der Waals surface area contributed by atoms with Crippen molar-refractivity contribution in [2.45, 2.75) is 19.3 Å². The first kappa shape index (κ1) is 12.0. The SMILES string of the molecule is O=C(Nc1ccc(N2CCOC2=O)cc1)C1CCC1. The number of anilines is 2. The van der Waals surface area contributed by atoms with E-state index in [0.29, 0.717) is 13.2 Å². The summed E-state index contributed by atoms with van der Waals surface area (Å²) in [5, 5.41) is 2.90. The predicted octanol–water partition coefficient (Wildman–Crippen LogP) is 2.38. The van der Waals surface area contributed by atoms with E-state index in [0.717, 1.165) is 30.6 Å². The summed E-state index contributed by atoms with van der Waals surface area (Å²) in [6.45, 7) is 1.01. The van der Waals surface area contributed by atoms with Crippen LogP contribution in [0.15, 0.2) is 24.3 Å². The van der Waals surface area contributed by atoms with Crippen molar-refractivity contribution in [3.63, 3.8) is 0 Å². The molecule has 1 aliphatic carbocycles. The fraction of sp³-hybridized carbons (Fsp3) is 0.429. The first-order valence-electron chi connectivity index (χ1n) is 6.59. The standard InChI is InChI=1S/C14H16N2O3/c17-13(10-2-1-3-10)15-11-4-6-12(7-5-11)16-8-9-19-14(16)18/h4-7,10H,1-3,8-9H2,(H,15,17). The molecule has 100 valence electrons. The lowest BCUT2D eigenvalue weighted by molar-refractivity contribution is -0.122. The molecular weight excluding hydrogens is 244 g/mol. The van der Waals surface area contributed by atoms with Crippen molar-refractivity contribution in [2.75, 3.05) is 23.4 Å². The molecule has 0 atom stereocenters. The molecule has 1 N–H and O–H groups in total. The second-order valence-corrected chi connectivity index (χ2v) is 4.93. The Hall–Kier alpha value is -2.04. The van der Waals surface area contributed by atoms with Crippen LogP contribution in [0.5, 0.6) is 0 Å². The van der Waals surface area contributed by atoms with Crippen LogP contribution in [0.4, 0.5) is 16.2 Å². The van der Waals surface area contributed by atoms with Crippen LogP contribution in [-0.2, 0) is 9.53 Å². The Morgan fingerprint density at radius 2 is 2.00 bits per heavy atom. The van der Waals surface area contributed by atoms with Gasteiger partial charge < -0.3 is 10.1 Å². The first-order chi connectivity index (χ1) is 9.24. The Balaban J connectivity index is 1.65. The van der Waals surface area contributed by atoms with Crippen LogP contribution in [0.2, 0.25) is 0 Å². The number of hydrogen-bond donors (Lipinski definition) is 1. The van der Waals surface area contributed by atoms with Gasteiger partial charge in [0.1, 0.15) is 6.61 Å². The zero-order valence-electron chi connectivity index (χ0n) is 10.6. The number of carbonyl (C=O) groups excluding carboxylic acids is 2. The van der Waals surface area contributed by atoms with Crippen molar-refractivity contribution in [3.8, 4) is 0 Å². The van der Waals surface area contributed by atoms with E-state index in [1.54, 1.807) is 4.90 Å². The van der Waals surface area contributed by atoms with Crippen molar-refractivity contribution >= 4 is 23.4 Å². The smallest absolute Gasteiger partial charge is 0.414 e. The van der Waals surface area contributed by atoms with Gasteiger partial charge >= 0.3 is 6.09 Å². The van der Waals surface area contributed by atoms with Crippen molar-refractivity contribution in [1.82, 2.24) is 0 Å². The molecule has 1 aliphatic heterocycles. The van der Waals surface area contributed by atoms with Crippen molar-refractivity contribution in [2.24, 2.45) is 5.92 Å². The van der Waals surface area contributed by atoms with Crippen LogP contribution in [-0.4, -0.2) is 25.2 Å². The maximum atomic E-state index is 11.8. The fourth-order valence-corrected chi connectivity index (χ4v) is 2.27. The molecule has 2 fully saturated rings. The van der Waals surface area contributed by atoms with E-state index in [9.17, 15) is 9.59 Å². The molecule has 0 unspecified atom stereocenters. The summed E-state index contributed by atoms with van der Waals surface area (Å²) in [6.07, 6.45) is 2.81. The Morgan fingerprint density at radius 3 is 2.53 bits per heavy atom. The van der Waals surface area contributed by atoms with E-state index in [4.69, 9.17) is 4.74 Å². The molecule has 5 heteroatoms. The third-order valence-electron chi connectivity index (χ3n) is 3.68. The van der Waals surface area contributed by atoms with Gasteiger partial charge in [0.15, 0.2) is 0 Å². The van der Waals surface area contributed by atoms with Gasteiger partial charge in [-0.2, -0.15) is 0 Å². The molecule has 0 bridgehead atoms. The number of nitrogens with one attached hydrogen (secondary N) is 1. The van der Waals surface area contributed by atoms with E-state index in [2.05, 4.69) is 5.32 Å². The van der Waals surface area contributed by atoms with Gasteiger partial charge in [-0.05, 0) is 37.1 Å². The van der Waals surface area contributed by atoms with Gasteiger partial charge in [0.25, 0.3) is 0 Å². The van der Waals surface area contributed by atoms with Crippen LogP contribution in [0.1, 0.15) is 19.3 Å². The van der Waals surface area contributed by atoms with Gasteiger partial charge in [0.05, 0.1) is 6.54 Å². The van der Waals surface area contributed by atoms with Crippen LogP contribution >= 0.6 is 0 Å². The molecule has 1 saturated carbocycles. The highest BCUT2D eigenvalue weighted by Crippen LogP contribution is 2.28. The van der Waals surface area contributed by atoms with Crippen LogP contribution in [0, 0.1) is 5.92 Å².